The summed E-state index contributed by atoms with van der Waals surface area (Å²) in [6.07, 6.45) is 7.42. The molecule has 4 nitrogen and oxygen atoms in total. The lowest BCUT2D eigenvalue weighted by atomic mass is 9.95. The van der Waals surface area contributed by atoms with Crippen LogP contribution in [0.3, 0.4) is 0 Å². The maximum absolute atomic E-state index is 12.8. The summed E-state index contributed by atoms with van der Waals surface area (Å²) in [5.74, 6) is 0.772. The number of hydrogen-bond donors (Lipinski definition) is 2. The summed E-state index contributed by atoms with van der Waals surface area (Å²) in [6, 6.07) is 5.61. The number of rotatable bonds is 2. The number of carbonyl (C=O) groups excluding carboxylic acids is 1. The first kappa shape index (κ1) is 13.3. The van der Waals surface area contributed by atoms with Gasteiger partial charge in [-0.1, -0.05) is 12.8 Å². The van der Waals surface area contributed by atoms with Crippen LogP contribution in [-0.2, 0) is 0 Å². The maximum atomic E-state index is 12.8. The van der Waals surface area contributed by atoms with E-state index in [0.717, 1.165) is 19.4 Å². The van der Waals surface area contributed by atoms with Crippen LogP contribution in [0.5, 0.6) is 0 Å². The Morgan fingerprint density at radius 2 is 1.85 bits per heavy atom. The Balaban J connectivity index is 1.81. The first-order chi connectivity index (χ1) is 9.66. The molecule has 1 aliphatic carbocycles. The first-order valence-corrected chi connectivity index (χ1v) is 7.63. The van der Waals surface area contributed by atoms with Crippen molar-refractivity contribution in [3.63, 3.8) is 0 Å². The number of anilines is 2. The van der Waals surface area contributed by atoms with Gasteiger partial charge in [-0.05, 0) is 49.8 Å². The van der Waals surface area contributed by atoms with Gasteiger partial charge in [0.05, 0.1) is 5.56 Å². The van der Waals surface area contributed by atoms with Crippen LogP contribution in [0, 0.1) is 5.92 Å². The molecular weight excluding hydrogens is 250 g/mol. The normalized spacial score (nSPS) is 23.4. The van der Waals surface area contributed by atoms with Gasteiger partial charge in [-0.15, -0.1) is 0 Å². The third-order valence-electron chi connectivity index (χ3n) is 4.81. The second kappa shape index (κ2) is 5.35. The zero-order chi connectivity index (χ0) is 14.1. The third kappa shape index (κ3) is 2.35. The Bertz CT molecular complexity index is 508. The van der Waals surface area contributed by atoms with E-state index in [1.807, 2.05) is 0 Å². The molecule has 4 N–H and O–H groups in total. The number of nitrogens with two attached hydrogens (primary N) is 2. The van der Waals surface area contributed by atoms with Crippen LogP contribution < -0.4 is 11.5 Å². The van der Waals surface area contributed by atoms with Crippen molar-refractivity contribution in [3.05, 3.63) is 23.8 Å². The molecule has 1 saturated carbocycles. The molecule has 0 aromatic heterocycles. The number of nitrogens with zero attached hydrogens (tertiary/aromatic N) is 1. The summed E-state index contributed by atoms with van der Waals surface area (Å²) >= 11 is 0. The van der Waals surface area contributed by atoms with E-state index in [1.165, 1.54) is 25.7 Å². The van der Waals surface area contributed by atoms with E-state index >= 15 is 0 Å². The molecule has 2 fully saturated rings. The minimum atomic E-state index is 0.0805. The highest BCUT2D eigenvalue weighted by Gasteiger charge is 2.36. The summed E-state index contributed by atoms with van der Waals surface area (Å²) in [5.41, 5.74) is 13.4. The van der Waals surface area contributed by atoms with E-state index in [-0.39, 0.29) is 5.91 Å². The van der Waals surface area contributed by atoms with Crippen molar-refractivity contribution < 1.29 is 4.79 Å². The van der Waals surface area contributed by atoms with Crippen molar-refractivity contribution >= 4 is 17.3 Å². The predicted molar refractivity (Wildman–Crippen MR) is 81.3 cm³/mol. The number of likely N-dealkylation sites (tertiary alicyclic amines) is 1. The van der Waals surface area contributed by atoms with Crippen LogP contribution in [0.4, 0.5) is 11.4 Å². The molecule has 0 spiro atoms. The van der Waals surface area contributed by atoms with Gasteiger partial charge in [-0.2, -0.15) is 0 Å². The van der Waals surface area contributed by atoms with Gasteiger partial charge >= 0.3 is 0 Å². The summed E-state index contributed by atoms with van der Waals surface area (Å²) in [7, 11) is 0. The van der Waals surface area contributed by atoms with Crippen molar-refractivity contribution in [2.45, 2.75) is 44.6 Å². The van der Waals surface area contributed by atoms with Crippen molar-refractivity contribution in [3.8, 4) is 0 Å². The molecule has 3 rings (SSSR count). The zero-order valence-electron chi connectivity index (χ0n) is 11.8. The Hall–Kier alpha value is -1.71. The van der Waals surface area contributed by atoms with E-state index in [4.69, 9.17) is 11.5 Å². The smallest absolute Gasteiger partial charge is 0.256 e. The third-order valence-corrected chi connectivity index (χ3v) is 4.81. The molecule has 1 heterocycles. The molecule has 20 heavy (non-hydrogen) atoms. The molecule has 2 aliphatic rings. The fourth-order valence-corrected chi connectivity index (χ4v) is 3.81. The number of nitrogen functional groups attached to an aromatic ring is 2. The molecule has 1 atom stereocenters. The highest BCUT2D eigenvalue weighted by molar-refractivity contribution is 6.00. The summed E-state index contributed by atoms with van der Waals surface area (Å²) in [6.45, 7) is 0.865. The van der Waals surface area contributed by atoms with Crippen molar-refractivity contribution in [1.82, 2.24) is 4.90 Å². The lowest BCUT2D eigenvalue weighted by Crippen LogP contribution is -2.39. The van der Waals surface area contributed by atoms with Crippen molar-refractivity contribution in [2.24, 2.45) is 5.92 Å². The van der Waals surface area contributed by atoms with E-state index in [2.05, 4.69) is 4.90 Å². The molecule has 1 aromatic carbocycles. The lowest BCUT2D eigenvalue weighted by molar-refractivity contribution is 0.0690. The van der Waals surface area contributed by atoms with E-state index < -0.39 is 0 Å². The quantitative estimate of drug-likeness (QED) is 0.814. The molecule has 0 bridgehead atoms. The highest BCUT2D eigenvalue weighted by atomic mass is 16.2. The molecule has 1 saturated heterocycles. The maximum Gasteiger partial charge on any atom is 0.256 e. The van der Waals surface area contributed by atoms with Crippen molar-refractivity contribution in [1.29, 1.82) is 0 Å². The fourth-order valence-electron chi connectivity index (χ4n) is 3.81. The van der Waals surface area contributed by atoms with E-state index in [0.29, 0.717) is 28.9 Å². The lowest BCUT2D eigenvalue weighted by Gasteiger charge is -2.30. The summed E-state index contributed by atoms with van der Waals surface area (Å²) in [5, 5.41) is 0. The second-order valence-electron chi connectivity index (χ2n) is 6.10. The predicted octanol–water partition coefficient (Wildman–Crippen LogP) is 2.65. The largest absolute Gasteiger partial charge is 0.399 e. The van der Waals surface area contributed by atoms with E-state index in [9.17, 15) is 4.79 Å². The Labute approximate surface area is 120 Å². The molecule has 1 aromatic rings. The number of carbonyl (C=O) groups is 1. The highest BCUT2D eigenvalue weighted by Crippen LogP contribution is 2.36. The van der Waals surface area contributed by atoms with Crippen LogP contribution >= 0.6 is 0 Å². The van der Waals surface area contributed by atoms with Gasteiger partial charge in [0.1, 0.15) is 0 Å². The van der Waals surface area contributed by atoms with Crippen LogP contribution in [0.15, 0.2) is 18.2 Å². The van der Waals surface area contributed by atoms with Gasteiger partial charge in [-0.3, -0.25) is 4.79 Å². The SMILES string of the molecule is Nc1ccc(C(=O)N2CCCC2C2CCCC2)c(N)c1. The molecule has 0 radical (unpaired) electrons. The molecule has 1 aliphatic heterocycles. The topological polar surface area (TPSA) is 72.4 Å². The minimum Gasteiger partial charge on any atom is -0.399 e. The van der Waals surface area contributed by atoms with Crippen LogP contribution in [0.1, 0.15) is 48.9 Å². The average molecular weight is 273 g/mol. The van der Waals surface area contributed by atoms with Crippen LogP contribution in [0.2, 0.25) is 0 Å². The summed E-state index contributed by atoms with van der Waals surface area (Å²) in [4.78, 5) is 14.8. The molecule has 4 heteroatoms. The van der Waals surface area contributed by atoms with Crippen molar-refractivity contribution in [2.75, 3.05) is 18.0 Å². The fraction of sp³-hybridized carbons (Fsp3) is 0.562. The van der Waals surface area contributed by atoms with Crippen LogP contribution in [-0.4, -0.2) is 23.4 Å². The van der Waals surface area contributed by atoms with Gasteiger partial charge in [0.15, 0.2) is 0 Å². The van der Waals surface area contributed by atoms with Gasteiger partial charge in [-0.25, -0.2) is 0 Å². The van der Waals surface area contributed by atoms with Gasteiger partial charge in [0, 0.05) is 24.0 Å². The summed E-state index contributed by atoms with van der Waals surface area (Å²) < 4.78 is 0. The second-order valence-corrected chi connectivity index (χ2v) is 6.10. The molecule has 1 unspecified atom stereocenters. The standard InChI is InChI=1S/C16H23N3O/c17-12-7-8-13(14(18)10-12)16(20)19-9-3-6-15(19)11-4-1-2-5-11/h7-8,10-11,15H,1-6,9,17-18H2. The minimum absolute atomic E-state index is 0.0805. The molecular formula is C16H23N3O. The van der Waals surface area contributed by atoms with Gasteiger partial charge in [0.2, 0.25) is 0 Å². The van der Waals surface area contributed by atoms with Gasteiger partial charge < -0.3 is 16.4 Å². The zero-order valence-corrected chi connectivity index (χ0v) is 11.8. The number of benzene rings is 1. The average Bonchev–Trinajstić information content (AvgIpc) is 3.09. The first-order valence-electron chi connectivity index (χ1n) is 7.63. The number of hydrogen-bond acceptors (Lipinski definition) is 3. The Morgan fingerprint density at radius 3 is 2.55 bits per heavy atom. The van der Waals surface area contributed by atoms with E-state index in [1.54, 1.807) is 18.2 Å². The molecule has 1 amide bonds. The molecule has 108 valence electrons. The Morgan fingerprint density at radius 1 is 1.10 bits per heavy atom. The van der Waals surface area contributed by atoms with Crippen LogP contribution in [0.25, 0.3) is 0 Å². The monoisotopic (exact) mass is 273 g/mol. The van der Waals surface area contributed by atoms with Gasteiger partial charge in [0.25, 0.3) is 5.91 Å². The Kier molecular flexibility index (Phi) is 3.55. The number of amides is 1.